The van der Waals surface area contributed by atoms with Crippen molar-refractivity contribution in [3.05, 3.63) is 65.2 Å². The van der Waals surface area contributed by atoms with E-state index in [1.54, 1.807) is 24.3 Å². The molecule has 0 unspecified atom stereocenters. The van der Waals surface area contributed by atoms with E-state index in [0.717, 1.165) is 37.1 Å². The first-order valence-corrected chi connectivity index (χ1v) is 13.2. The maximum atomic E-state index is 13.0. The summed E-state index contributed by atoms with van der Waals surface area (Å²) in [6, 6.07) is 14.6. The smallest absolute Gasteiger partial charge is 0.255 e. The van der Waals surface area contributed by atoms with Gasteiger partial charge in [0.25, 0.3) is 5.91 Å². The molecule has 2 aliphatic rings. The first-order valence-electron chi connectivity index (χ1n) is 11.6. The van der Waals surface area contributed by atoms with Gasteiger partial charge in [-0.25, -0.2) is 12.7 Å². The normalized spacial score (nSPS) is 17.8. The van der Waals surface area contributed by atoms with Crippen LogP contribution < -0.4 is 5.32 Å². The van der Waals surface area contributed by atoms with Gasteiger partial charge in [-0.15, -0.1) is 0 Å². The van der Waals surface area contributed by atoms with Crippen LogP contribution in [0.5, 0.6) is 0 Å². The van der Waals surface area contributed by atoms with Crippen molar-refractivity contribution in [1.82, 2.24) is 9.21 Å². The molecule has 2 aromatic rings. The van der Waals surface area contributed by atoms with Crippen molar-refractivity contribution in [3.8, 4) is 0 Å². The second-order valence-electron chi connectivity index (χ2n) is 8.89. The van der Waals surface area contributed by atoms with Crippen molar-refractivity contribution >= 4 is 27.5 Å². The molecule has 0 aromatic heterocycles. The lowest BCUT2D eigenvalue weighted by molar-refractivity contribution is -0.120. The van der Waals surface area contributed by atoms with Crippen LogP contribution in [0.4, 0.5) is 5.69 Å². The zero-order valence-corrected chi connectivity index (χ0v) is 19.8. The summed E-state index contributed by atoms with van der Waals surface area (Å²) in [5, 5.41) is 2.93. The highest BCUT2D eigenvalue weighted by Crippen LogP contribution is 2.25. The Hall–Kier alpha value is -2.71. The van der Waals surface area contributed by atoms with E-state index in [4.69, 9.17) is 0 Å². The number of aryl methyl sites for hydroxylation is 1. The molecule has 0 aliphatic carbocycles. The summed E-state index contributed by atoms with van der Waals surface area (Å²) in [6.07, 6.45) is 2.93. The van der Waals surface area contributed by atoms with Crippen molar-refractivity contribution in [2.75, 3.05) is 31.5 Å². The summed E-state index contributed by atoms with van der Waals surface area (Å²) in [4.78, 5) is 27.6. The van der Waals surface area contributed by atoms with Crippen molar-refractivity contribution in [2.24, 2.45) is 5.92 Å². The van der Waals surface area contributed by atoms with Crippen molar-refractivity contribution in [3.63, 3.8) is 0 Å². The fourth-order valence-corrected chi connectivity index (χ4v) is 6.23. The molecule has 4 rings (SSSR count). The standard InChI is InChI=1S/C25H31N3O4S/c1-19-8-2-3-9-21(19)18-33(31,32)28-16-12-20(13-17-28)24(29)26-23-11-5-4-10-22(23)25(30)27-14-6-7-15-27/h2-5,8-11,20H,6-7,12-18H2,1H3,(H,26,29). The second kappa shape index (κ2) is 10.1. The Bertz CT molecular complexity index is 1120. The highest BCUT2D eigenvalue weighted by molar-refractivity contribution is 7.88. The first-order chi connectivity index (χ1) is 15.8. The van der Waals surface area contributed by atoms with Gasteiger partial charge in [-0.1, -0.05) is 36.4 Å². The van der Waals surface area contributed by atoms with Gasteiger partial charge in [0.1, 0.15) is 0 Å². The Labute approximate surface area is 195 Å². The number of sulfonamides is 1. The number of amides is 2. The summed E-state index contributed by atoms with van der Waals surface area (Å²) < 4.78 is 27.3. The summed E-state index contributed by atoms with van der Waals surface area (Å²) in [6.45, 7) is 4.04. The summed E-state index contributed by atoms with van der Waals surface area (Å²) >= 11 is 0. The number of carbonyl (C=O) groups excluding carboxylic acids is 2. The largest absolute Gasteiger partial charge is 0.339 e. The molecule has 0 spiro atoms. The third-order valence-corrected chi connectivity index (χ3v) is 8.45. The Balaban J connectivity index is 1.36. The number of carbonyl (C=O) groups is 2. The number of likely N-dealkylation sites (tertiary alicyclic amines) is 1. The minimum absolute atomic E-state index is 0.0253. The molecule has 2 amide bonds. The summed E-state index contributed by atoms with van der Waals surface area (Å²) in [5.74, 6) is -0.527. The number of nitrogens with one attached hydrogen (secondary N) is 1. The Kier molecular flexibility index (Phi) is 7.14. The maximum absolute atomic E-state index is 13.0. The topological polar surface area (TPSA) is 86.8 Å². The molecule has 2 heterocycles. The van der Waals surface area contributed by atoms with E-state index in [0.29, 0.717) is 37.2 Å². The molecule has 176 valence electrons. The Morgan fingerprint density at radius 1 is 0.939 bits per heavy atom. The van der Waals surface area contributed by atoms with E-state index in [-0.39, 0.29) is 23.5 Å². The zero-order valence-electron chi connectivity index (χ0n) is 19.0. The lowest BCUT2D eigenvalue weighted by atomic mass is 9.97. The molecule has 2 aliphatic heterocycles. The average molecular weight is 470 g/mol. The number of hydrogen-bond donors (Lipinski definition) is 1. The molecule has 0 atom stereocenters. The van der Waals surface area contributed by atoms with Gasteiger partial charge in [0.15, 0.2) is 0 Å². The number of rotatable bonds is 6. The molecular formula is C25H31N3O4S. The molecule has 0 saturated carbocycles. The van der Waals surface area contributed by atoms with Crippen LogP contribution in [0.3, 0.4) is 0 Å². The zero-order chi connectivity index (χ0) is 23.4. The monoisotopic (exact) mass is 469 g/mol. The molecule has 2 aromatic carbocycles. The SMILES string of the molecule is Cc1ccccc1CS(=O)(=O)N1CCC(C(=O)Nc2ccccc2C(=O)N2CCCC2)CC1. The number of piperidine rings is 1. The van der Waals surface area contributed by atoms with Crippen molar-refractivity contribution in [1.29, 1.82) is 0 Å². The molecule has 1 N–H and O–H groups in total. The predicted molar refractivity (Wildman–Crippen MR) is 128 cm³/mol. The average Bonchev–Trinajstić information content (AvgIpc) is 3.35. The number of benzene rings is 2. The molecule has 7 nitrogen and oxygen atoms in total. The van der Waals surface area contributed by atoms with Gasteiger partial charge in [0.2, 0.25) is 15.9 Å². The maximum Gasteiger partial charge on any atom is 0.255 e. The van der Waals surface area contributed by atoms with Crippen LogP contribution in [0.2, 0.25) is 0 Å². The van der Waals surface area contributed by atoms with Gasteiger partial charge in [-0.3, -0.25) is 9.59 Å². The Morgan fingerprint density at radius 2 is 1.58 bits per heavy atom. The third-order valence-electron chi connectivity index (χ3n) is 6.63. The van der Waals surface area contributed by atoms with Crippen LogP contribution in [0.1, 0.15) is 47.2 Å². The van der Waals surface area contributed by atoms with E-state index in [1.165, 1.54) is 4.31 Å². The predicted octanol–water partition coefficient (Wildman–Crippen LogP) is 3.41. The van der Waals surface area contributed by atoms with E-state index in [2.05, 4.69) is 5.32 Å². The third kappa shape index (κ3) is 5.45. The lowest BCUT2D eigenvalue weighted by Crippen LogP contribution is -2.42. The number of hydrogen-bond acceptors (Lipinski definition) is 4. The molecule has 2 saturated heterocycles. The Morgan fingerprint density at radius 3 is 2.27 bits per heavy atom. The first kappa shape index (κ1) is 23.4. The summed E-state index contributed by atoms with van der Waals surface area (Å²) in [7, 11) is -3.44. The van der Waals surface area contributed by atoms with E-state index >= 15 is 0 Å². The van der Waals surface area contributed by atoms with Crippen LogP contribution in [-0.4, -0.2) is 55.6 Å². The van der Waals surface area contributed by atoms with Gasteiger partial charge in [-0.2, -0.15) is 0 Å². The van der Waals surface area contributed by atoms with E-state index in [9.17, 15) is 18.0 Å². The van der Waals surface area contributed by atoms with Gasteiger partial charge in [0.05, 0.1) is 17.0 Å². The second-order valence-corrected chi connectivity index (χ2v) is 10.9. The van der Waals surface area contributed by atoms with E-state index in [1.807, 2.05) is 36.1 Å². The molecule has 0 radical (unpaired) electrons. The number of anilines is 1. The fourth-order valence-electron chi connectivity index (χ4n) is 4.56. The van der Waals surface area contributed by atoms with Crippen LogP contribution >= 0.6 is 0 Å². The minimum Gasteiger partial charge on any atom is -0.339 e. The quantitative estimate of drug-likeness (QED) is 0.702. The molecule has 0 bridgehead atoms. The summed E-state index contributed by atoms with van der Waals surface area (Å²) in [5.41, 5.74) is 2.79. The molecular weight excluding hydrogens is 438 g/mol. The van der Waals surface area contributed by atoms with Crippen LogP contribution in [-0.2, 0) is 20.6 Å². The fraction of sp³-hybridized carbons (Fsp3) is 0.440. The van der Waals surface area contributed by atoms with Crippen molar-refractivity contribution < 1.29 is 18.0 Å². The highest BCUT2D eigenvalue weighted by Gasteiger charge is 2.32. The molecule has 33 heavy (non-hydrogen) atoms. The lowest BCUT2D eigenvalue weighted by Gasteiger charge is -2.31. The molecule has 8 heteroatoms. The number of para-hydroxylation sites is 1. The molecule has 2 fully saturated rings. The van der Waals surface area contributed by atoms with Crippen molar-refractivity contribution in [2.45, 2.75) is 38.4 Å². The van der Waals surface area contributed by atoms with Gasteiger partial charge in [0, 0.05) is 32.1 Å². The van der Waals surface area contributed by atoms with Gasteiger partial charge < -0.3 is 10.2 Å². The highest BCUT2D eigenvalue weighted by atomic mass is 32.2. The minimum atomic E-state index is -3.44. The van der Waals surface area contributed by atoms with Crippen LogP contribution in [0.25, 0.3) is 0 Å². The van der Waals surface area contributed by atoms with E-state index < -0.39 is 10.0 Å². The van der Waals surface area contributed by atoms with Crippen LogP contribution in [0, 0.1) is 12.8 Å². The van der Waals surface area contributed by atoms with Gasteiger partial charge in [-0.05, 0) is 55.9 Å². The van der Waals surface area contributed by atoms with Gasteiger partial charge >= 0.3 is 0 Å². The van der Waals surface area contributed by atoms with Crippen LogP contribution in [0.15, 0.2) is 48.5 Å². The number of nitrogens with zero attached hydrogens (tertiary/aromatic N) is 2.